The van der Waals surface area contributed by atoms with E-state index in [2.05, 4.69) is 10.6 Å². The molecular weight excluding hydrogens is 292 g/mol. The summed E-state index contributed by atoms with van der Waals surface area (Å²) in [6.07, 6.45) is 8.29. The van der Waals surface area contributed by atoms with Gasteiger partial charge in [0.1, 0.15) is 5.60 Å². The molecule has 2 unspecified atom stereocenters. The zero-order valence-electron chi connectivity index (χ0n) is 14.8. The molecule has 0 aromatic rings. The van der Waals surface area contributed by atoms with Crippen molar-refractivity contribution in [2.45, 2.75) is 95.5 Å². The fourth-order valence-electron chi connectivity index (χ4n) is 3.86. The molecule has 0 radical (unpaired) electrons. The van der Waals surface area contributed by atoms with E-state index in [1.165, 1.54) is 12.8 Å². The van der Waals surface area contributed by atoms with E-state index in [1.807, 2.05) is 20.8 Å². The van der Waals surface area contributed by atoms with Gasteiger partial charge in [-0.05, 0) is 71.6 Å². The van der Waals surface area contributed by atoms with Crippen LogP contribution in [0.1, 0.15) is 65.7 Å². The average molecular weight is 324 g/mol. The average Bonchev–Trinajstić information content (AvgIpc) is 3.19. The van der Waals surface area contributed by atoms with Crippen molar-refractivity contribution in [1.82, 2.24) is 10.6 Å². The van der Waals surface area contributed by atoms with Gasteiger partial charge in [-0.3, -0.25) is 0 Å². The van der Waals surface area contributed by atoms with Crippen LogP contribution in [0.25, 0.3) is 0 Å². The molecule has 1 aliphatic heterocycles. The fraction of sp³-hybridized carbons (Fsp3) is 0.944. The number of alkyl carbamates (subject to hydrolysis) is 1. The topological polar surface area (TPSA) is 59.6 Å². The quantitative estimate of drug-likeness (QED) is 0.834. The Morgan fingerprint density at radius 3 is 2.26 bits per heavy atom. The van der Waals surface area contributed by atoms with E-state index in [4.69, 9.17) is 9.47 Å². The van der Waals surface area contributed by atoms with Gasteiger partial charge >= 0.3 is 6.09 Å². The van der Waals surface area contributed by atoms with Crippen LogP contribution in [0.3, 0.4) is 0 Å². The van der Waals surface area contributed by atoms with E-state index < -0.39 is 5.60 Å². The van der Waals surface area contributed by atoms with Gasteiger partial charge in [-0.2, -0.15) is 0 Å². The molecule has 1 saturated heterocycles. The van der Waals surface area contributed by atoms with Crippen LogP contribution in [0.15, 0.2) is 0 Å². The maximum absolute atomic E-state index is 11.8. The molecule has 2 saturated carbocycles. The first-order valence-corrected chi connectivity index (χ1v) is 9.28. The Hall–Kier alpha value is -0.810. The van der Waals surface area contributed by atoms with Crippen LogP contribution in [-0.2, 0) is 9.47 Å². The predicted molar refractivity (Wildman–Crippen MR) is 89.4 cm³/mol. The molecule has 132 valence electrons. The van der Waals surface area contributed by atoms with Crippen molar-refractivity contribution >= 4 is 6.09 Å². The first kappa shape index (κ1) is 17.0. The van der Waals surface area contributed by atoms with Gasteiger partial charge in [0.25, 0.3) is 0 Å². The Balaban J connectivity index is 1.37. The van der Waals surface area contributed by atoms with Crippen molar-refractivity contribution in [3.8, 4) is 0 Å². The second kappa shape index (κ2) is 6.98. The summed E-state index contributed by atoms with van der Waals surface area (Å²) >= 11 is 0. The van der Waals surface area contributed by atoms with Gasteiger partial charge in [0, 0.05) is 24.7 Å². The Morgan fingerprint density at radius 1 is 1.00 bits per heavy atom. The minimum absolute atomic E-state index is 0.252. The largest absolute Gasteiger partial charge is 0.444 e. The summed E-state index contributed by atoms with van der Waals surface area (Å²) in [7, 11) is 0. The van der Waals surface area contributed by atoms with Crippen LogP contribution in [-0.4, -0.2) is 42.5 Å². The second-order valence-corrected chi connectivity index (χ2v) is 8.43. The first-order chi connectivity index (χ1) is 10.9. The maximum Gasteiger partial charge on any atom is 0.407 e. The van der Waals surface area contributed by atoms with E-state index in [9.17, 15) is 4.79 Å². The number of hydrogen-bond donors (Lipinski definition) is 2. The molecule has 3 rings (SSSR count). The van der Waals surface area contributed by atoms with Crippen molar-refractivity contribution in [2.75, 3.05) is 6.61 Å². The highest BCUT2D eigenvalue weighted by molar-refractivity contribution is 5.68. The van der Waals surface area contributed by atoms with E-state index in [-0.39, 0.29) is 12.1 Å². The summed E-state index contributed by atoms with van der Waals surface area (Å²) in [6.45, 7) is 6.60. The standard InChI is InChI=1S/C18H32N2O3/c1-18(2,3)23-17(21)20-14-8-6-13(7-9-14)19-15-10-11-22-16(15)12-4-5-12/h12-16,19H,4-11H2,1-3H3,(H,20,21). The normalized spacial score (nSPS) is 35.1. The molecule has 2 N–H and O–H groups in total. The Kier molecular flexibility index (Phi) is 5.16. The number of amides is 1. The molecule has 3 aliphatic rings. The Bertz CT molecular complexity index is 409. The molecule has 0 aromatic carbocycles. The van der Waals surface area contributed by atoms with Crippen LogP contribution < -0.4 is 10.6 Å². The van der Waals surface area contributed by atoms with Gasteiger partial charge in [-0.1, -0.05) is 0 Å². The number of carbonyl (C=O) groups is 1. The van der Waals surface area contributed by atoms with Crippen LogP contribution in [0, 0.1) is 5.92 Å². The van der Waals surface area contributed by atoms with Gasteiger partial charge in [-0.25, -0.2) is 4.79 Å². The van der Waals surface area contributed by atoms with Crippen LogP contribution in [0.5, 0.6) is 0 Å². The third-order valence-electron chi connectivity index (χ3n) is 5.12. The third kappa shape index (κ3) is 5.08. The Morgan fingerprint density at radius 2 is 1.65 bits per heavy atom. The van der Waals surface area contributed by atoms with Crippen molar-refractivity contribution < 1.29 is 14.3 Å². The van der Waals surface area contributed by atoms with Crippen molar-refractivity contribution in [3.63, 3.8) is 0 Å². The molecule has 0 bridgehead atoms. The molecule has 5 heteroatoms. The van der Waals surface area contributed by atoms with E-state index >= 15 is 0 Å². The van der Waals surface area contributed by atoms with Crippen molar-refractivity contribution in [3.05, 3.63) is 0 Å². The predicted octanol–water partition coefficient (Wildman–Crippen LogP) is 2.98. The molecule has 0 aromatic heterocycles. The number of hydrogen-bond acceptors (Lipinski definition) is 4. The minimum Gasteiger partial charge on any atom is -0.444 e. The lowest BCUT2D eigenvalue weighted by Gasteiger charge is -2.33. The number of carbonyl (C=O) groups excluding carboxylic acids is 1. The van der Waals surface area contributed by atoms with Crippen LogP contribution in [0.2, 0.25) is 0 Å². The van der Waals surface area contributed by atoms with Crippen molar-refractivity contribution in [1.29, 1.82) is 0 Å². The lowest BCUT2D eigenvalue weighted by Crippen LogP contribution is -2.48. The molecule has 2 aliphatic carbocycles. The van der Waals surface area contributed by atoms with E-state index in [0.717, 1.165) is 44.6 Å². The SMILES string of the molecule is CC(C)(C)OC(=O)NC1CCC(NC2CCOC2C2CC2)CC1. The fourth-order valence-corrected chi connectivity index (χ4v) is 3.86. The minimum atomic E-state index is -0.427. The van der Waals surface area contributed by atoms with Crippen LogP contribution >= 0.6 is 0 Å². The number of rotatable bonds is 4. The highest BCUT2D eigenvalue weighted by Gasteiger charge is 2.41. The lowest BCUT2D eigenvalue weighted by atomic mass is 9.90. The summed E-state index contributed by atoms with van der Waals surface area (Å²) < 4.78 is 11.3. The third-order valence-corrected chi connectivity index (χ3v) is 5.12. The molecular formula is C18H32N2O3. The summed E-state index contributed by atoms with van der Waals surface area (Å²) in [6, 6.07) is 1.37. The zero-order valence-corrected chi connectivity index (χ0v) is 14.8. The molecule has 2 atom stereocenters. The van der Waals surface area contributed by atoms with Crippen molar-refractivity contribution in [2.24, 2.45) is 5.92 Å². The monoisotopic (exact) mass is 324 g/mol. The molecule has 5 nitrogen and oxygen atoms in total. The summed E-state index contributed by atoms with van der Waals surface area (Å²) in [5.41, 5.74) is -0.427. The second-order valence-electron chi connectivity index (χ2n) is 8.43. The summed E-state index contributed by atoms with van der Waals surface area (Å²) in [5.74, 6) is 0.806. The zero-order chi connectivity index (χ0) is 16.4. The van der Waals surface area contributed by atoms with Gasteiger partial charge in [0.2, 0.25) is 0 Å². The Labute approximate surface area is 139 Å². The van der Waals surface area contributed by atoms with Gasteiger partial charge < -0.3 is 20.1 Å². The smallest absolute Gasteiger partial charge is 0.407 e. The summed E-state index contributed by atoms with van der Waals surface area (Å²) in [5, 5.41) is 6.85. The maximum atomic E-state index is 11.8. The lowest BCUT2D eigenvalue weighted by molar-refractivity contribution is 0.0486. The van der Waals surface area contributed by atoms with Gasteiger partial charge in [-0.15, -0.1) is 0 Å². The molecule has 23 heavy (non-hydrogen) atoms. The molecule has 1 amide bonds. The van der Waals surface area contributed by atoms with E-state index in [0.29, 0.717) is 18.2 Å². The highest BCUT2D eigenvalue weighted by Crippen LogP contribution is 2.39. The molecule has 1 heterocycles. The van der Waals surface area contributed by atoms with Gasteiger partial charge in [0.05, 0.1) is 6.10 Å². The van der Waals surface area contributed by atoms with Gasteiger partial charge in [0.15, 0.2) is 0 Å². The number of nitrogens with one attached hydrogen (secondary N) is 2. The summed E-state index contributed by atoms with van der Waals surface area (Å²) in [4.78, 5) is 11.8. The van der Waals surface area contributed by atoms with Crippen LogP contribution in [0.4, 0.5) is 4.79 Å². The highest BCUT2D eigenvalue weighted by atomic mass is 16.6. The van der Waals surface area contributed by atoms with E-state index in [1.54, 1.807) is 0 Å². The molecule has 3 fully saturated rings. The first-order valence-electron chi connectivity index (χ1n) is 9.28. The molecule has 0 spiro atoms. The number of ether oxygens (including phenoxy) is 2.